The number of hydrogen-bond acceptors (Lipinski definition) is 4. The topological polar surface area (TPSA) is 42.7 Å². The van der Waals surface area contributed by atoms with Crippen LogP contribution in [0.4, 0.5) is 0 Å². The van der Waals surface area contributed by atoms with Gasteiger partial charge in [0, 0.05) is 6.04 Å². The van der Waals surface area contributed by atoms with E-state index in [-0.39, 0.29) is 5.97 Å². The molecule has 18 heavy (non-hydrogen) atoms. The summed E-state index contributed by atoms with van der Waals surface area (Å²) >= 11 is 0. The third kappa shape index (κ3) is 4.18. The zero-order valence-electron chi connectivity index (χ0n) is 10.9. The van der Waals surface area contributed by atoms with Crippen LogP contribution in [0.3, 0.4) is 0 Å². The minimum Gasteiger partial charge on any atom is -0.468 e. The van der Waals surface area contributed by atoms with E-state index in [1.807, 2.05) is 12.1 Å². The molecular weight excluding hydrogens is 230 g/mol. The van der Waals surface area contributed by atoms with Gasteiger partial charge in [0.05, 0.1) is 26.0 Å². The molecule has 1 aliphatic carbocycles. The predicted octanol–water partition coefficient (Wildman–Crippen LogP) is 2.59. The van der Waals surface area contributed by atoms with Crippen LogP contribution in [0.15, 0.2) is 22.8 Å². The Balaban J connectivity index is 1.77. The van der Waals surface area contributed by atoms with E-state index in [0.717, 1.165) is 18.6 Å². The van der Waals surface area contributed by atoms with Crippen LogP contribution in [0.2, 0.25) is 0 Å². The third-order valence-electron chi connectivity index (χ3n) is 3.10. The van der Waals surface area contributed by atoms with Crippen molar-refractivity contribution in [2.45, 2.75) is 45.2 Å². The van der Waals surface area contributed by atoms with Crippen LogP contribution >= 0.6 is 0 Å². The lowest BCUT2D eigenvalue weighted by Crippen LogP contribution is -2.32. The van der Waals surface area contributed by atoms with Crippen molar-refractivity contribution in [2.75, 3.05) is 13.2 Å². The smallest absolute Gasteiger partial charge is 0.320 e. The molecule has 0 bridgehead atoms. The van der Waals surface area contributed by atoms with Gasteiger partial charge in [-0.3, -0.25) is 9.69 Å². The number of unbranched alkanes of at least 4 members (excludes halogenated alkanes) is 1. The Bertz CT molecular complexity index is 357. The lowest BCUT2D eigenvalue weighted by molar-refractivity contribution is -0.145. The molecule has 0 radical (unpaired) electrons. The molecule has 0 unspecified atom stereocenters. The molecule has 0 saturated heterocycles. The van der Waals surface area contributed by atoms with Crippen LogP contribution < -0.4 is 0 Å². The summed E-state index contributed by atoms with van der Waals surface area (Å²) in [5.74, 6) is 0.783. The second-order valence-corrected chi connectivity index (χ2v) is 4.79. The van der Waals surface area contributed by atoms with Crippen molar-refractivity contribution < 1.29 is 13.9 Å². The average molecular weight is 251 g/mol. The summed E-state index contributed by atoms with van der Waals surface area (Å²) < 4.78 is 10.5. The third-order valence-corrected chi connectivity index (χ3v) is 3.10. The van der Waals surface area contributed by atoms with Gasteiger partial charge in [-0.2, -0.15) is 0 Å². The van der Waals surface area contributed by atoms with E-state index in [9.17, 15) is 4.79 Å². The fourth-order valence-electron chi connectivity index (χ4n) is 1.90. The molecule has 0 amide bonds. The lowest BCUT2D eigenvalue weighted by atomic mass is 10.3. The molecule has 0 aromatic carbocycles. The van der Waals surface area contributed by atoms with Crippen molar-refractivity contribution in [3.63, 3.8) is 0 Å². The van der Waals surface area contributed by atoms with E-state index < -0.39 is 0 Å². The molecule has 4 nitrogen and oxygen atoms in total. The second-order valence-electron chi connectivity index (χ2n) is 4.79. The summed E-state index contributed by atoms with van der Waals surface area (Å²) in [5, 5.41) is 0. The zero-order chi connectivity index (χ0) is 12.8. The fraction of sp³-hybridized carbons (Fsp3) is 0.643. The molecule has 0 N–H and O–H groups in total. The Morgan fingerprint density at radius 2 is 2.39 bits per heavy atom. The molecule has 2 rings (SSSR count). The maximum absolute atomic E-state index is 11.7. The fourth-order valence-corrected chi connectivity index (χ4v) is 1.90. The van der Waals surface area contributed by atoms with Crippen LogP contribution in [0.1, 0.15) is 38.4 Å². The minimum absolute atomic E-state index is 0.123. The molecular formula is C14H21NO3. The summed E-state index contributed by atoms with van der Waals surface area (Å²) in [4.78, 5) is 13.8. The monoisotopic (exact) mass is 251 g/mol. The molecule has 1 saturated carbocycles. The van der Waals surface area contributed by atoms with Gasteiger partial charge in [-0.25, -0.2) is 0 Å². The highest BCUT2D eigenvalue weighted by molar-refractivity contribution is 5.71. The molecule has 100 valence electrons. The van der Waals surface area contributed by atoms with Gasteiger partial charge in [0.2, 0.25) is 0 Å². The molecule has 0 atom stereocenters. The zero-order valence-corrected chi connectivity index (χ0v) is 10.9. The summed E-state index contributed by atoms with van der Waals surface area (Å²) in [6, 6.07) is 4.34. The van der Waals surface area contributed by atoms with Crippen molar-refractivity contribution in [2.24, 2.45) is 0 Å². The van der Waals surface area contributed by atoms with Gasteiger partial charge < -0.3 is 9.15 Å². The maximum Gasteiger partial charge on any atom is 0.320 e. The van der Waals surface area contributed by atoms with E-state index >= 15 is 0 Å². The molecule has 1 aromatic heterocycles. The maximum atomic E-state index is 11.7. The first-order chi connectivity index (χ1) is 8.79. The Morgan fingerprint density at radius 3 is 3.00 bits per heavy atom. The Hall–Kier alpha value is -1.29. The van der Waals surface area contributed by atoms with Gasteiger partial charge in [0.15, 0.2) is 0 Å². The number of hydrogen-bond donors (Lipinski definition) is 0. The van der Waals surface area contributed by atoms with Crippen LogP contribution in [-0.4, -0.2) is 30.1 Å². The van der Waals surface area contributed by atoms with E-state index in [0.29, 0.717) is 25.7 Å². The normalized spacial score (nSPS) is 15.0. The van der Waals surface area contributed by atoms with Crippen molar-refractivity contribution in [3.05, 3.63) is 24.2 Å². The molecule has 4 heteroatoms. The number of nitrogens with zero attached hydrogens (tertiary/aromatic N) is 1. The van der Waals surface area contributed by atoms with Gasteiger partial charge in [0.1, 0.15) is 5.76 Å². The number of esters is 1. The SMILES string of the molecule is CCCCOC(=O)CN(Cc1ccco1)C1CC1. The van der Waals surface area contributed by atoms with Gasteiger partial charge in [-0.05, 0) is 31.4 Å². The molecule has 0 spiro atoms. The highest BCUT2D eigenvalue weighted by Crippen LogP contribution is 2.28. The van der Waals surface area contributed by atoms with Crippen molar-refractivity contribution in [1.29, 1.82) is 0 Å². The van der Waals surface area contributed by atoms with Crippen LogP contribution in [0, 0.1) is 0 Å². The number of ether oxygens (including phenoxy) is 1. The number of furan rings is 1. The first-order valence-electron chi connectivity index (χ1n) is 6.71. The van der Waals surface area contributed by atoms with Gasteiger partial charge >= 0.3 is 5.97 Å². The van der Waals surface area contributed by atoms with Crippen LogP contribution in [0.25, 0.3) is 0 Å². The number of carbonyl (C=O) groups excluding carboxylic acids is 1. The van der Waals surface area contributed by atoms with Gasteiger partial charge in [-0.15, -0.1) is 0 Å². The van der Waals surface area contributed by atoms with Gasteiger partial charge in [-0.1, -0.05) is 13.3 Å². The molecule has 1 aromatic rings. The number of carbonyl (C=O) groups is 1. The first-order valence-corrected chi connectivity index (χ1v) is 6.71. The molecule has 1 fully saturated rings. The van der Waals surface area contributed by atoms with E-state index in [4.69, 9.17) is 9.15 Å². The summed E-state index contributed by atoms with van der Waals surface area (Å²) in [6.45, 7) is 3.69. The molecule has 1 aliphatic rings. The Morgan fingerprint density at radius 1 is 1.56 bits per heavy atom. The van der Waals surface area contributed by atoms with Gasteiger partial charge in [0.25, 0.3) is 0 Å². The summed E-state index contributed by atoms with van der Waals surface area (Å²) in [5.41, 5.74) is 0. The molecule has 0 aliphatic heterocycles. The summed E-state index contributed by atoms with van der Waals surface area (Å²) in [7, 11) is 0. The Kier molecular flexibility index (Phi) is 4.81. The van der Waals surface area contributed by atoms with E-state index in [1.165, 1.54) is 12.8 Å². The Labute approximate surface area is 108 Å². The average Bonchev–Trinajstić information content (AvgIpc) is 3.08. The van der Waals surface area contributed by atoms with E-state index in [2.05, 4.69) is 11.8 Å². The molecule has 1 heterocycles. The highest BCUT2D eigenvalue weighted by atomic mass is 16.5. The predicted molar refractivity (Wildman–Crippen MR) is 68.0 cm³/mol. The van der Waals surface area contributed by atoms with E-state index in [1.54, 1.807) is 6.26 Å². The standard InChI is InChI=1S/C14H21NO3/c1-2-3-8-18-14(16)11-15(12-6-7-12)10-13-5-4-9-17-13/h4-5,9,12H,2-3,6-8,10-11H2,1H3. The van der Waals surface area contributed by atoms with Crippen molar-refractivity contribution >= 4 is 5.97 Å². The minimum atomic E-state index is -0.123. The quantitative estimate of drug-likeness (QED) is 0.526. The lowest BCUT2D eigenvalue weighted by Gasteiger charge is -2.19. The van der Waals surface area contributed by atoms with Crippen molar-refractivity contribution in [1.82, 2.24) is 4.90 Å². The summed E-state index contributed by atoms with van der Waals surface area (Å²) in [6.07, 6.45) is 5.99. The largest absolute Gasteiger partial charge is 0.468 e. The van der Waals surface area contributed by atoms with Crippen molar-refractivity contribution in [3.8, 4) is 0 Å². The highest BCUT2D eigenvalue weighted by Gasteiger charge is 2.31. The first kappa shape index (κ1) is 13.1. The number of rotatable bonds is 8. The van der Waals surface area contributed by atoms with Crippen LogP contribution in [-0.2, 0) is 16.1 Å². The van der Waals surface area contributed by atoms with Crippen LogP contribution in [0.5, 0.6) is 0 Å². The second kappa shape index (κ2) is 6.59.